The second kappa shape index (κ2) is 17.7. The molecule has 32 valence electrons. The molecule has 0 spiro atoms. The molecule has 0 aromatic heterocycles. The highest BCUT2D eigenvalue weighted by Gasteiger charge is 1.37. The zero-order chi connectivity index (χ0) is 2.71. The molecule has 0 fully saturated rings. The summed E-state index contributed by atoms with van der Waals surface area (Å²) in [4.78, 5) is 0. The summed E-state index contributed by atoms with van der Waals surface area (Å²) < 4.78 is 0. The molecule has 0 N–H and O–H groups in total. The molecule has 3 heteroatoms. The lowest BCUT2D eigenvalue weighted by molar-refractivity contribution is 1.48. The van der Waals surface area contributed by atoms with Crippen molar-refractivity contribution in [3.05, 3.63) is 0 Å². The van der Waals surface area contributed by atoms with Crippen LogP contribution in [0.2, 0.25) is 6.32 Å². The van der Waals surface area contributed by atoms with E-state index in [1.54, 1.807) is 0 Å². The second-order valence-electron chi connectivity index (χ2n) is 0.408. The maximum absolute atomic E-state index is 4.85. The van der Waals surface area contributed by atoms with Gasteiger partial charge in [0.1, 0.15) is 0 Å². The lowest BCUT2D eigenvalue weighted by Crippen LogP contribution is -1.41. The van der Waals surface area contributed by atoms with Crippen molar-refractivity contribution in [2.75, 3.05) is 0 Å². The predicted molar refractivity (Wildman–Crippen MR) is 47.1 cm³/mol. The van der Waals surface area contributed by atoms with Gasteiger partial charge < -0.3 is 0 Å². The third-order valence-corrected chi connectivity index (χ3v) is 0. The first-order valence-corrected chi connectivity index (χ1v) is 1.12. The summed E-state index contributed by atoms with van der Waals surface area (Å²) >= 11 is 0. The van der Waals surface area contributed by atoms with E-state index in [2.05, 4.69) is 0 Å². The summed E-state index contributed by atoms with van der Waals surface area (Å²) in [7, 11) is 4.85. The van der Waals surface area contributed by atoms with E-state index in [0.717, 1.165) is 6.32 Å². The predicted octanol–water partition coefficient (Wildman–Crippen LogP) is 1.83. The third kappa shape index (κ3) is 29.5. The molecule has 0 bridgehead atoms. The van der Waals surface area contributed by atoms with Gasteiger partial charge in [0.25, 0.3) is 0 Å². The van der Waals surface area contributed by atoms with Gasteiger partial charge in [0.15, 0.2) is 0 Å². The minimum Gasteiger partial charge on any atom is -0.107 e. The van der Waals surface area contributed by atoms with Gasteiger partial charge in [0.2, 0.25) is 0 Å². The lowest BCUT2D eigenvalue weighted by atomic mass is 10.1. The maximum Gasteiger partial charge on any atom is 0.0649 e. The van der Waals surface area contributed by atoms with E-state index in [0.29, 0.717) is 0 Å². The Kier molecular flexibility index (Phi) is 56.9. The molecule has 0 rings (SSSR count). The van der Waals surface area contributed by atoms with Gasteiger partial charge in [-0.2, -0.15) is 0 Å². The van der Waals surface area contributed by atoms with Crippen LogP contribution >= 0.6 is 48.0 Å². The Hall–Kier alpha value is 1.52. The van der Waals surface area contributed by atoms with Gasteiger partial charge in [-0.1, -0.05) is 13.2 Å². The summed E-state index contributed by atoms with van der Waals surface area (Å²) in [6.45, 7) is 1.90. The van der Waals surface area contributed by atoms with E-state index in [1.165, 1.54) is 0 Å². The quantitative estimate of drug-likeness (QED) is 0.472. The van der Waals surface area contributed by atoms with E-state index < -0.39 is 0 Å². The molecule has 5 heavy (non-hydrogen) atoms. The molecule has 0 aromatic carbocycles. The summed E-state index contributed by atoms with van der Waals surface area (Å²) in [6, 6.07) is 0. The van der Waals surface area contributed by atoms with E-state index in [1.807, 2.05) is 6.92 Å². The van der Waals surface area contributed by atoms with Crippen molar-refractivity contribution in [2.24, 2.45) is 0 Å². The molecule has 0 atom stereocenters. The fourth-order valence-corrected chi connectivity index (χ4v) is 0. The van der Waals surface area contributed by atoms with E-state index >= 15 is 0 Å². The standard InChI is InChI=1S/C2H5B.2HI/c1-2-3;;/h2H2,1H3;2*1H. The van der Waals surface area contributed by atoms with Crippen molar-refractivity contribution in [3.8, 4) is 0 Å². The van der Waals surface area contributed by atoms with Crippen LogP contribution in [0.3, 0.4) is 0 Å². The molecule has 0 saturated heterocycles. The smallest absolute Gasteiger partial charge is 0.0649 e. The first kappa shape index (κ1) is 16.0. The Morgan fingerprint density at radius 1 is 1.40 bits per heavy atom. The van der Waals surface area contributed by atoms with Crippen LogP contribution < -0.4 is 0 Å². The molecule has 0 aliphatic carbocycles. The van der Waals surface area contributed by atoms with Crippen molar-refractivity contribution in [1.29, 1.82) is 0 Å². The molecular formula is C2H7BI2. The van der Waals surface area contributed by atoms with Crippen molar-refractivity contribution in [1.82, 2.24) is 0 Å². The van der Waals surface area contributed by atoms with Crippen molar-refractivity contribution < 1.29 is 0 Å². The van der Waals surface area contributed by atoms with Gasteiger partial charge in [-0.25, -0.2) is 0 Å². The molecule has 2 radical (unpaired) electrons. The van der Waals surface area contributed by atoms with Gasteiger partial charge in [0.05, 0.1) is 7.85 Å². The van der Waals surface area contributed by atoms with Crippen molar-refractivity contribution >= 4 is 55.8 Å². The number of hydrogen-bond donors (Lipinski definition) is 0. The summed E-state index contributed by atoms with van der Waals surface area (Å²) in [5.41, 5.74) is 0. The molecule has 0 saturated carbocycles. The van der Waals surface area contributed by atoms with Crippen LogP contribution in [-0.4, -0.2) is 7.85 Å². The number of hydrogen-bond acceptors (Lipinski definition) is 0. The molecule has 0 unspecified atom stereocenters. The van der Waals surface area contributed by atoms with Crippen LogP contribution in [0, 0.1) is 0 Å². The van der Waals surface area contributed by atoms with Gasteiger partial charge in [-0.05, 0) is 0 Å². The van der Waals surface area contributed by atoms with Crippen LogP contribution in [0.5, 0.6) is 0 Å². The molecule has 0 aliphatic rings. The third-order valence-electron chi connectivity index (χ3n) is 0. The molecule has 0 aromatic rings. The largest absolute Gasteiger partial charge is 0.107 e. The summed E-state index contributed by atoms with van der Waals surface area (Å²) in [5, 5.41) is 0. The fourth-order valence-electron chi connectivity index (χ4n) is 0. The Balaban J connectivity index is -0.0000000200. The summed E-state index contributed by atoms with van der Waals surface area (Å²) in [5.74, 6) is 0. The van der Waals surface area contributed by atoms with Gasteiger partial charge in [-0.3, -0.25) is 0 Å². The van der Waals surface area contributed by atoms with E-state index in [4.69, 9.17) is 7.85 Å². The summed E-state index contributed by atoms with van der Waals surface area (Å²) in [6.07, 6.45) is 0.750. The van der Waals surface area contributed by atoms with E-state index in [9.17, 15) is 0 Å². The van der Waals surface area contributed by atoms with E-state index in [-0.39, 0.29) is 48.0 Å². The van der Waals surface area contributed by atoms with Crippen LogP contribution in [0.15, 0.2) is 0 Å². The minimum atomic E-state index is 0. The molecule has 0 amide bonds. The van der Waals surface area contributed by atoms with Crippen molar-refractivity contribution in [3.63, 3.8) is 0 Å². The zero-order valence-corrected chi connectivity index (χ0v) is 7.76. The second-order valence-corrected chi connectivity index (χ2v) is 0.408. The minimum absolute atomic E-state index is 0. The fraction of sp³-hybridized carbons (Fsp3) is 1.00. The Morgan fingerprint density at radius 2 is 1.40 bits per heavy atom. The average Bonchev–Trinajstić information content (AvgIpc) is 0.918. The zero-order valence-electron chi connectivity index (χ0n) is 3.10. The molecule has 0 heterocycles. The Morgan fingerprint density at radius 3 is 1.40 bits per heavy atom. The highest BCUT2D eigenvalue weighted by molar-refractivity contribution is 14.0. The maximum atomic E-state index is 4.85. The van der Waals surface area contributed by atoms with Gasteiger partial charge in [0, 0.05) is 0 Å². The highest BCUT2D eigenvalue weighted by Crippen LogP contribution is 1.49. The van der Waals surface area contributed by atoms with Crippen LogP contribution in [-0.2, 0) is 0 Å². The van der Waals surface area contributed by atoms with Gasteiger partial charge >= 0.3 is 0 Å². The number of halogens is 2. The molecule has 0 nitrogen and oxygen atoms in total. The van der Waals surface area contributed by atoms with Crippen molar-refractivity contribution in [2.45, 2.75) is 13.2 Å². The molecule has 0 aliphatic heterocycles. The molecular weight excluding hydrogens is 289 g/mol. The van der Waals surface area contributed by atoms with Crippen LogP contribution in [0.4, 0.5) is 0 Å². The average molecular weight is 296 g/mol. The van der Waals surface area contributed by atoms with Crippen LogP contribution in [0.1, 0.15) is 6.92 Å². The monoisotopic (exact) mass is 296 g/mol. The lowest BCUT2D eigenvalue weighted by Gasteiger charge is -1.46. The SMILES string of the molecule is I.I.[B]CC. The first-order chi connectivity index (χ1) is 1.41. The Bertz CT molecular complexity index is 7.61. The normalized spacial score (nSPS) is 3.40. The highest BCUT2D eigenvalue weighted by atomic mass is 127. The number of rotatable bonds is 0. The van der Waals surface area contributed by atoms with Crippen LogP contribution in [0.25, 0.3) is 0 Å². The van der Waals surface area contributed by atoms with Gasteiger partial charge in [-0.15, -0.1) is 48.0 Å². The Labute approximate surface area is 68.5 Å². The first-order valence-electron chi connectivity index (χ1n) is 1.12. The topological polar surface area (TPSA) is 0 Å².